The number of nitrogens with zero attached hydrogens (tertiary/aromatic N) is 2. The molecule has 4 rings (SSSR count). The third-order valence-electron chi connectivity index (χ3n) is 7.17. The van der Waals surface area contributed by atoms with Crippen LogP contribution in [0.4, 0.5) is 5.69 Å². The molecule has 0 bridgehead atoms. The fraction of sp³-hybridized carbons (Fsp3) is 0.300. The van der Waals surface area contributed by atoms with E-state index in [0.29, 0.717) is 27.9 Å². The minimum Gasteiger partial charge on any atom is -0.744 e. The fourth-order valence-electron chi connectivity index (χ4n) is 5.06. The van der Waals surface area contributed by atoms with Crippen LogP contribution in [-0.4, -0.2) is 54.1 Å². The minimum absolute atomic E-state index is 0.0528. The molecule has 1 N–H and O–H groups in total. The van der Waals surface area contributed by atoms with Gasteiger partial charge in [0.15, 0.2) is 0 Å². The first-order chi connectivity index (χ1) is 19.5. The van der Waals surface area contributed by atoms with Gasteiger partial charge in [0.05, 0.1) is 15.9 Å². The van der Waals surface area contributed by atoms with E-state index in [1.807, 2.05) is 36.4 Å². The summed E-state index contributed by atoms with van der Waals surface area (Å²) in [5.41, 5.74) is 2.60. The van der Waals surface area contributed by atoms with Crippen LogP contribution in [0.3, 0.4) is 0 Å². The van der Waals surface area contributed by atoms with E-state index in [0.717, 1.165) is 43.3 Å². The molecule has 0 amide bonds. The second kappa shape index (κ2) is 12.2. The second-order valence-corrected chi connectivity index (χ2v) is 12.6. The monoisotopic (exact) mass is 597 g/mol. The van der Waals surface area contributed by atoms with Gasteiger partial charge < -0.3 is 13.9 Å². The van der Waals surface area contributed by atoms with E-state index in [2.05, 4.69) is 48.5 Å². The predicted molar refractivity (Wildman–Crippen MR) is 162 cm³/mol. The van der Waals surface area contributed by atoms with Crippen LogP contribution in [0.25, 0.3) is 33.4 Å². The highest BCUT2D eigenvalue weighted by atomic mass is 32.2. The Morgan fingerprint density at radius 3 is 2.22 bits per heavy atom. The van der Waals surface area contributed by atoms with Gasteiger partial charge in [-0.15, -0.1) is 6.58 Å². The summed E-state index contributed by atoms with van der Waals surface area (Å²) in [6, 6.07) is 14.9. The van der Waals surface area contributed by atoms with Crippen molar-refractivity contribution in [1.29, 1.82) is 0 Å². The largest absolute Gasteiger partial charge is 0.744 e. The molecule has 1 aliphatic carbocycles. The van der Waals surface area contributed by atoms with Crippen molar-refractivity contribution in [3.63, 3.8) is 0 Å². The molecule has 1 aliphatic heterocycles. The normalized spacial score (nSPS) is 12.1. The summed E-state index contributed by atoms with van der Waals surface area (Å²) < 4.78 is 74.3. The van der Waals surface area contributed by atoms with Crippen LogP contribution < -0.4 is 19.6 Å². The van der Waals surface area contributed by atoms with Crippen molar-refractivity contribution in [2.75, 3.05) is 37.6 Å². The fourth-order valence-corrected chi connectivity index (χ4v) is 6.87. The van der Waals surface area contributed by atoms with Crippen molar-refractivity contribution in [1.82, 2.24) is 9.30 Å². The van der Waals surface area contributed by atoms with E-state index < -0.39 is 25.0 Å². The number of sulfonamides is 1. The molecule has 1 heterocycles. The molecule has 2 aliphatic rings. The number of anilines is 1. The molecule has 0 saturated heterocycles. The van der Waals surface area contributed by atoms with E-state index in [1.165, 1.54) is 18.2 Å². The van der Waals surface area contributed by atoms with Gasteiger partial charge in [-0.2, -0.15) is 0 Å². The Labute approximate surface area is 241 Å². The lowest BCUT2D eigenvalue weighted by Gasteiger charge is -2.23. The molecule has 0 radical (unpaired) electrons. The molecular weight excluding hydrogens is 562 g/mol. The smallest absolute Gasteiger partial charge is 0.240 e. The highest BCUT2D eigenvalue weighted by molar-refractivity contribution is 7.89. The van der Waals surface area contributed by atoms with E-state index in [9.17, 15) is 21.4 Å². The highest BCUT2D eigenvalue weighted by Gasteiger charge is 2.25. The average Bonchev–Trinajstić information content (AvgIpc) is 2.95. The Morgan fingerprint density at radius 1 is 0.927 bits per heavy atom. The standard InChI is InChI=1S/C30H35N3O6S2/c1-6-17-31-40(34,35)23-13-16-26(29(20-23)41(36,37)38)30-24-14-11-21(32(7-2)8-3)18-27(24)39-28-19-22(12-15-25(28)30)33(9-4)10-5/h6,11-16,18-20,31H,1,7-10,17H2,2-5H3. The van der Waals surface area contributed by atoms with Gasteiger partial charge in [0, 0.05) is 59.5 Å². The first-order valence-electron chi connectivity index (χ1n) is 13.5. The van der Waals surface area contributed by atoms with Gasteiger partial charge >= 0.3 is 0 Å². The van der Waals surface area contributed by atoms with Crippen LogP contribution >= 0.6 is 0 Å². The first kappa shape index (κ1) is 30.4. The van der Waals surface area contributed by atoms with Gasteiger partial charge in [-0.05, 0) is 58.0 Å². The van der Waals surface area contributed by atoms with Gasteiger partial charge in [0.2, 0.25) is 15.4 Å². The summed E-state index contributed by atoms with van der Waals surface area (Å²) in [4.78, 5) is 1.20. The van der Waals surface area contributed by atoms with Crippen LogP contribution in [-0.2, 0) is 20.1 Å². The van der Waals surface area contributed by atoms with Crippen molar-refractivity contribution < 1.29 is 25.8 Å². The average molecular weight is 598 g/mol. The second-order valence-electron chi connectivity index (χ2n) is 9.44. The zero-order valence-electron chi connectivity index (χ0n) is 23.7. The van der Waals surface area contributed by atoms with Crippen molar-refractivity contribution in [2.45, 2.75) is 37.5 Å². The number of rotatable bonds is 11. The number of benzene rings is 3. The van der Waals surface area contributed by atoms with Gasteiger partial charge in [-0.1, -0.05) is 12.1 Å². The third kappa shape index (κ3) is 6.08. The molecule has 2 aromatic carbocycles. The molecule has 218 valence electrons. The van der Waals surface area contributed by atoms with Crippen LogP contribution in [0, 0.1) is 0 Å². The summed E-state index contributed by atoms with van der Waals surface area (Å²) in [7, 11) is -9.18. The summed E-state index contributed by atoms with van der Waals surface area (Å²) >= 11 is 0. The molecule has 11 heteroatoms. The Hall–Kier alpha value is -3.51. The number of fused-ring (bicyclic) bond motifs is 2. The minimum atomic E-state index is -5.09. The zero-order chi connectivity index (χ0) is 29.9. The summed E-state index contributed by atoms with van der Waals surface area (Å²) in [5, 5.41) is 1.53. The van der Waals surface area contributed by atoms with Crippen molar-refractivity contribution in [3.05, 3.63) is 72.6 Å². The lowest BCUT2D eigenvalue weighted by molar-refractivity contribution is 0.463. The molecule has 0 atom stereocenters. The summed E-state index contributed by atoms with van der Waals surface area (Å²) in [6.45, 7) is 14.8. The van der Waals surface area contributed by atoms with Crippen molar-refractivity contribution >= 4 is 36.8 Å². The third-order valence-corrected chi connectivity index (χ3v) is 9.46. The molecule has 0 aromatic heterocycles. The van der Waals surface area contributed by atoms with Crippen LogP contribution in [0.5, 0.6) is 0 Å². The van der Waals surface area contributed by atoms with Crippen molar-refractivity contribution in [3.8, 4) is 22.5 Å². The predicted octanol–water partition coefficient (Wildman–Crippen LogP) is 4.23. The Kier molecular flexibility index (Phi) is 9.03. The topological polar surface area (TPSA) is 123 Å². The molecule has 0 fully saturated rings. The number of hydrogen-bond donors (Lipinski definition) is 1. The van der Waals surface area contributed by atoms with Gasteiger partial charge in [0.25, 0.3) is 0 Å². The Morgan fingerprint density at radius 2 is 1.61 bits per heavy atom. The number of hydrogen-bond acceptors (Lipinski definition) is 7. The van der Waals surface area contributed by atoms with E-state index in [4.69, 9.17) is 4.42 Å². The van der Waals surface area contributed by atoms with E-state index >= 15 is 0 Å². The van der Waals surface area contributed by atoms with Crippen LogP contribution in [0.2, 0.25) is 0 Å². The quantitative estimate of drug-likeness (QED) is 0.119. The first-order valence-corrected chi connectivity index (χ1v) is 16.4. The maximum atomic E-state index is 12.8. The highest BCUT2D eigenvalue weighted by Crippen LogP contribution is 2.43. The molecule has 9 nitrogen and oxygen atoms in total. The van der Waals surface area contributed by atoms with E-state index in [-0.39, 0.29) is 17.0 Å². The Balaban J connectivity index is 2.14. The van der Waals surface area contributed by atoms with Gasteiger partial charge in [0.1, 0.15) is 34.6 Å². The molecule has 41 heavy (non-hydrogen) atoms. The molecule has 2 aromatic rings. The zero-order valence-corrected chi connectivity index (χ0v) is 25.3. The summed E-state index contributed by atoms with van der Waals surface area (Å²) in [6.07, 6.45) is 1.36. The SMILES string of the molecule is C=CCNS(=O)(=O)c1ccc(-c2c3ccc(=[N+](CC)CC)cc-3oc3cc(N(CC)CC)ccc23)c(S(=O)(=O)[O-])c1. The van der Waals surface area contributed by atoms with E-state index in [1.54, 1.807) is 0 Å². The summed E-state index contributed by atoms with van der Waals surface area (Å²) in [5.74, 6) is 0.507. The Bertz CT molecular complexity index is 1850. The van der Waals surface area contributed by atoms with Crippen LogP contribution in [0.15, 0.2) is 81.5 Å². The lowest BCUT2D eigenvalue weighted by atomic mass is 9.93. The van der Waals surface area contributed by atoms with Gasteiger partial charge in [-0.3, -0.25) is 0 Å². The molecular formula is C30H35N3O6S2. The maximum Gasteiger partial charge on any atom is 0.240 e. The van der Waals surface area contributed by atoms with Gasteiger partial charge in [-0.25, -0.2) is 26.1 Å². The molecule has 0 saturated carbocycles. The maximum absolute atomic E-state index is 12.8. The number of nitrogens with one attached hydrogen (secondary N) is 1. The van der Waals surface area contributed by atoms with Crippen molar-refractivity contribution in [2.24, 2.45) is 0 Å². The molecule has 0 unspecified atom stereocenters. The van der Waals surface area contributed by atoms with Crippen LogP contribution in [0.1, 0.15) is 27.7 Å². The molecule has 0 spiro atoms. The lowest BCUT2D eigenvalue weighted by Crippen LogP contribution is -2.29.